The molecule has 0 radical (unpaired) electrons. The molecule has 4 N–H and O–H groups in total. The SMILES string of the molecule is CC(=O)N1CCC2(CC1)CNC[C@@H](CCc1c(F)cncc1NC(=O)[C@@H](N)[C@@H](c1ccc(Cl)cc1)c1cc(F)cc(F)c1)O2. The van der Waals surface area contributed by atoms with E-state index in [1.807, 2.05) is 4.90 Å². The topological polar surface area (TPSA) is 110 Å². The second kappa shape index (κ2) is 13.6. The minimum Gasteiger partial charge on any atom is -0.369 e. The molecule has 44 heavy (non-hydrogen) atoms. The van der Waals surface area contributed by atoms with E-state index in [0.717, 1.165) is 24.4 Å². The number of aromatic nitrogens is 1. The highest BCUT2D eigenvalue weighted by Crippen LogP contribution is 2.33. The number of hydrogen-bond acceptors (Lipinski definition) is 6. The zero-order chi connectivity index (χ0) is 31.4. The minimum absolute atomic E-state index is 0.0465. The monoisotopic (exact) mass is 629 g/mol. The molecule has 2 aliphatic rings. The number of rotatable bonds is 8. The number of piperidine rings is 1. The maximum atomic E-state index is 15.1. The molecule has 8 nitrogen and oxygen atoms in total. The summed E-state index contributed by atoms with van der Waals surface area (Å²) in [6, 6.07) is 8.13. The maximum Gasteiger partial charge on any atom is 0.242 e. The molecule has 3 atom stereocenters. The van der Waals surface area contributed by atoms with E-state index in [9.17, 15) is 18.4 Å². The molecule has 2 aromatic carbocycles. The number of carbonyl (C=O) groups excluding carboxylic acids is 2. The molecule has 3 heterocycles. The fourth-order valence-electron chi connectivity index (χ4n) is 6.11. The van der Waals surface area contributed by atoms with Gasteiger partial charge < -0.3 is 26.0 Å². The van der Waals surface area contributed by atoms with Gasteiger partial charge in [0, 0.05) is 55.7 Å². The molecule has 2 fully saturated rings. The average Bonchev–Trinajstić information content (AvgIpc) is 2.98. The van der Waals surface area contributed by atoms with E-state index in [-0.39, 0.29) is 40.8 Å². The zero-order valence-corrected chi connectivity index (χ0v) is 25.0. The summed E-state index contributed by atoms with van der Waals surface area (Å²) in [5, 5.41) is 6.56. The predicted molar refractivity (Wildman–Crippen MR) is 161 cm³/mol. The Balaban J connectivity index is 1.31. The van der Waals surface area contributed by atoms with Crippen LogP contribution in [-0.2, 0) is 20.7 Å². The van der Waals surface area contributed by atoms with Gasteiger partial charge >= 0.3 is 0 Å². The number of carbonyl (C=O) groups is 2. The summed E-state index contributed by atoms with van der Waals surface area (Å²) in [6.07, 6.45) is 4.36. The summed E-state index contributed by atoms with van der Waals surface area (Å²) in [6.45, 7) is 4.08. The Morgan fingerprint density at radius 1 is 1.11 bits per heavy atom. The maximum absolute atomic E-state index is 15.1. The van der Waals surface area contributed by atoms with Gasteiger partial charge in [-0.3, -0.25) is 14.6 Å². The van der Waals surface area contributed by atoms with Crippen LogP contribution >= 0.6 is 11.6 Å². The van der Waals surface area contributed by atoms with Gasteiger partial charge in [-0.05, 0) is 61.1 Å². The van der Waals surface area contributed by atoms with Gasteiger partial charge in [-0.2, -0.15) is 0 Å². The van der Waals surface area contributed by atoms with Crippen molar-refractivity contribution in [2.24, 2.45) is 5.73 Å². The lowest BCUT2D eigenvalue weighted by Gasteiger charge is -2.46. The summed E-state index contributed by atoms with van der Waals surface area (Å²) < 4.78 is 50.0. The van der Waals surface area contributed by atoms with Gasteiger partial charge in [-0.25, -0.2) is 13.2 Å². The quantitative estimate of drug-likeness (QED) is 0.337. The van der Waals surface area contributed by atoms with E-state index in [2.05, 4.69) is 15.6 Å². The average molecular weight is 630 g/mol. The molecule has 0 saturated carbocycles. The van der Waals surface area contributed by atoms with Crippen molar-refractivity contribution in [3.8, 4) is 0 Å². The fraction of sp³-hybridized carbons (Fsp3) is 0.406. The van der Waals surface area contributed by atoms with Crippen molar-refractivity contribution < 1.29 is 27.5 Å². The number of nitrogens with two attached hydrogens (primary N) is 1. The molecule has 5 rings (SSSR count). The van der Waals surface area contributed by atoms with E-state index in [0.29, 0.717) is 56.0 Å². The van der Waals surface area contributed by atoms with Crippen LogP contribution in [0.25, 0.3) is 0 Å². The molecule has 234 valence electrons. The van der Waals surface area contributed by atoms with Gasteiger partial charge in [-0.15, -0.1) is 0 Å². The Kier molecular flexibility index (Phi) is 9.89. The molecule has 0 unspecified atom stereocenters. The number of ether oxygens (including phenoxy) is 1. The molecule has 0 bridgehead atoms. The number of likely N-dealkylation sites (tertiary alicyclic amines) is 1. The molecule has 2 saturated heterocycles. The molecule has 2 amide bonds. The number of morpholine rings is 1. The first-order valence-corrected chi connectivity index (χ1v) is 15.0. The van der Waals surface area contributed by atoms with Crippen LogP contribution in [0, 0.1) is 17.5 Å². The number of anilines is 1. The van der Waals surface area contributed by atoms with Gasteiger partial charge in [0.05, 0.1) is 35.8 Å². The van der Waals surface area contributed by atoms with Crippen LogP contribution in [0.4, 0.5) is 18.9 Å². The lowest BCUT2D eigenvalue weighted by molar-refractivity contribution is -0.153. The Morgan fingerprint density at radius 3 is 2.45 bits per heavy atom. The predicted octanol–water partition coefficient (Wildman–Crippen LogP) is 4.55. The smallest absolute Gasteiger partial charge is 0.242 e. The molecule has 1 spiro atoms. The summed E-state index contributed by atoms with van der Waals surface area (Å²) in [5.41, 5.74) is 7.13. The van der Waals surface area contributed by atoms with E-state index < -0.39 is 35.3 Å². The normalized spacial score (nSPS) is 19.4. The van der Waals surface area contributed by atoms with Crippen LogP contribution in [0.5, 0.6) is 0 Å². The second-order valence-corrected chi connectivity index (χ2v) is 11.9. The Hall–Kier alpha value is -3.51. The van der Waals surface area contributed by atoms with Crippen LogP contribution in [0.15, 0.2) is 54.9 Å². The van der Waals surface area contributed by atoms with Gasteiger partial charge in [0.25, 0.3) is 0 Å². The Bertz CT molecular complexity index is 1480. The molecule has 2 aliphatic heterocycles. The first-order chi connectivity index (χ1) is 21.0. The highest BCUT2D eigenvalue weighted by molar-refractivity contribution is 6.30. The number of halogens is 4. The Morgan fingerprint density at radius 2 is 1.80 bits per heavy atom. The van der Waals surface area contributed by atoms with Crippen molar-refractivity contribution in [2.45, 2.75) is 56.3 Å². The van der Waals surface area contributed by atoms with Crippen LogP contribution in [0.3, 0.4) is 0 Å². The van der Waals surface area contributed by atoms with E-state index in [1.54, 1.807) is 31.2 Å². The van der Waals surface area contributed by atoms with Crippen molar-refractivity contribution >= 4 is 29.1 Å². The summed E-state index contributed by atoms with van der Waals surface area (Å²) in [4.78, 5) is 31.0. The van der Waals surface area contributed by atoms with E-state index in [1.165, 1.54) is 6.20 Å². The highest BCUT2D eigenvalue weighted by atomic mass is 35.5. The number of amides is 2. The van der Waals surface area contributed by atoms with Crippen LogP contribution in [0.2, 0.25) is 5.02 Å². The largest absolute Gasteiger partial charge is 0.369 e. The highest BCUT2D eigenvalue weighted by Gasteiger charge is 2.40. The number of benzene rings is 2. The van der Waals surface area contributed by atoms with Crippen molar-refractivity contribution in [1.82, 2.24) is 15.2 Å². The third-order valence-electron chi connectivity index (χ3n) is 8.47. The van der Waals surface area contributed by atoms with Crippen LogP contribution in [0.1, 0.15) is 48.8 Å². The zero-order valence-electron chi connectivity index (χ0n) is 24.3. The van der Waals surface area contributed by atoms with Crippen molar-refractivity contribution in [2.75, 3.05) is 31.5 Å². The lowest BCUT2D eigenvalue weighted by Crippen LogP contribution is -2.58. The van der Waals surface area contributed by atoms with E-state index >= 15 is 4.39 Å². The fourth-order valence-corrected chi connectivity index (χ4v) is 6.24. The number of nitrogens with zero attached hydrogens (tertiary/aromatic N) is 2. The van der Waals surface area contributed by atoms with Gasteiger partial charge in [0.15, 0.2) is 0 Å². The van der Waals surface area contributed by atoms with Crippen molar-refractivity contribution in [3.63, 3.8) is 0 Å². The van der Waals surface area contributed by atoms with Gasteiger partial charge in [0.1, 0.15) is 17.5 Å². The molecular weight excluding hydrogens is 595 g/mol. The van der Waals surface area contributed by atoms with Crippen LogP contribution in [-0.4, -0.2) is 65.6 Å². The first-order valence-electron chi connectivity index (χ1n) is 14.6. The molecule has 3 aromatic rings. The Labute approximate surface area is 259 Å². The van der Waals surface area contributed by atoms with Crippen molar-refractivity contribution in [3.05, 3.63) is 94.0 Å². The molecule has 1 aromatic heterocycles. The lowest BCUT2D eigenvalue weighted by atomic mass is 9.84. The minimum atomic E-state index is -1.31. The summed E-state index contributed by atoms with van der Waals surface area (Å²) in [5.74, 6) is -3.79. The summed E-state index contributed by atoms with van der Waals surface area (Å²) >= 11 is 6.04. The molecule has 12 heteroatoms. The standard InChI is InChI=1S/C32H35ClF3N5O3/c1-19(42)41-10-8-32(9-11-41)18-39-15-25(44-32)6-7-26-27(36)16-38-17-28(26)40-31(43)30(37)29(20-2-4-22(33)5-3-20)21-12-23(34)14-24(35)13-21/h2-5,12-14,16-17,25,29-30,39H,6-11,15,18,37H2,1H3,(H,40,43)/t25-,29+,30+/m1/s1. The third kappa shape index (κ3) is 7.40. The van der Waals surface area contributed by atoms with Crippen molar-refractivity contribution in [1.29, 1.82) is 0 Å². The summed E-state index contributed by atoms with van der Waals surface area (Å²) in [7, 11) is 0. The molecular formula is C32H35ClF3N5O3. The van der Waals surface area contributed by atoms with E-state index in [4.69, 9.17) is 22.1 Å². The third-order valence-corrected chi connectivity index (χ3v) is 8.72. The first kappa shape index (κ1) is 31.9. The van der Waals surface area contributed by atoms with Gasteiger partial charge in [0.2, 0.25) is 11.8 Å². The van der Waals surface area contributed by atoms with Crippen LogP contribution < -0.4 is 16.4 Å². The number of pyridine rings is 1. The number of hydrogen-bond donors (Lipinski definition) is 3. The second-order valence-electron chi connectivity index (χ2n) is 11.5. The number of nitrogens with one attached hydrogen (secondary N) is 2. The van der Waals surface area contributed by atoms with Gasteiger partial charge in [-0.1, -0.05) is 23.7 Å². The molecule has 0 aliphatic carbocycles.